The molecule has 8 nitrogen and oxygen atoms in total. The summed E-state index contributed by atoms with van der Waals surface area (Å²) < 4.78 is 32.3. The van der Waals surface area contributed by atoms with E-state index in [1.54, 1.807) is 0 Å². The molecule has 0 heterocycles. The molecule has 0 rings (SSSR count). The van der Waals surface area contributed by atoms with E-state index < -0.39 is 16.2 Å². The van der Waals surface area contributed by atoms with E-state index in [-0.39, 0.29) is 0 Å². The Bertz CT molecular complexity index is 130. The van der Waals surface area contributed by atoms with Crippen molar-refractivity contribution in [3.05, 3.63) is 0 Å². The van der Waals surface area contributed by atoms with E-state index >= 15 is 0 Å². The average molecular weight is 173 g/mol. The van der Waals surface area contributed by atoms with E-state index in [2.05, 4.69) is 15.3 Å². The Kier molecular flexibility index (Phi) is 3.12. The van der Waals surface area contributed by atoms with Crippen LogP contribution in [-0.4, -0.2) is 5.96 Å². The van der Waals surface area contributed by atoms with Gasteiger partial charge in [-0.2, -0.15) is 14.0 Å². The van der Waals surface area contributed by atoms with E-state index in [1.807, 2.05) is 0 Å². The average Bonchev–Trinajstić information content (AvgIpc) is 1.81. The van der Waals surface area contributed by atoms with Crippen molar-refractivity contribution in [2.24, 2.45) is 16.7 Å². The van der Waals surface area contributed by atoms with Gasteiger partial charge in [-0.25, -0.2) is 0 Å². The van der Waals surface area contributed by atoms with Crippen LogP contribution >= 0.6 is 0 Å². The lowest BCUT2D eigenvalue weighted by molar-refractivity contribution is -1.92. The van der Waals surface area contributed by atoms with Crippen LogP contribution in [0.5, 0.6) is 0 Å². The van der Waals surface area contributed by atoms with Crippen LogP contribution < -0.4 is 31.0 Å². The predicted molar refractivity (Wildman–Crippen MR) is 20.0 cm³/mol. The van der Waals surface area contributed by atoms with Gasteiger partial charge < -0.3 is 11.6 Å². The molecule has 10 heavy (non-hydrogen) atoms. The van der Waals surface area contributed by atoms with Gasteiger partial charge in [0.1, 0.15) is 10.2 Å². The first kappa shape index (κ1) is 9.20. The maximum absolute atomic E-state index is 9.63. The van der Waals surface area contributed by atoms with Crippen molar-refractivity contribution in [3.8, 4) is 0 Å². The Labute approximate surface area is 57.7 Å². The van der Waals surface area contributed by atoms with Crippen LogP contribution in [0.2, 0.25) is 0 Å². The number of halogens is 1. The molecule has 0 radical (unpaired) electrons. The van der Waals surface area contributed by atoms with Crippen LogP contribution in [0.1, 0.15) is 0 Å². The van der Waals surface area contributed by atoms with Crippen LogP contribution in [0.15, 0.2) is 5.10 Å². The maximum atomic E-state index is 9.63. The lowest BCUT2D eigenvalue weighted by atomic mass is 11.1. The molecule has 0 amide bonds. The lowest BCUT2D eigenvalue weighted by Crippen LogP contribution is -2.63. The predicted octanol–water partition coefficient (Wildman–Crippen LogP) is -5.41. The van der Waals surface area contributed by atoms with E-state index in [0.29, 0.717) is 0 Å². The molecule has 0 aromatic rings. The maximum Gasteiger partial charge on any atom is 0.248 e. The molecule has 0 saturated heterocycles. The van der Waals surface area contributed by atoms with Crippen molar-refractivity contribution in [2.45, 2.75) is 0 Å². The van der Waals surface area contributed by atoms with Crippen molar-refractivity contribution >= 4 is 5.96 Å². The van der Waals surface area contributed by atoms with Crippen LogP contribution in [-0.2, 0) is 4.39 Å². The van der Waals surface area contributed by atoms with Gasteiger partial charge in [-0.15, -0.1) is 5.10 Å². The molecule has 0 saturated carbocycles. The Morgan fingerprint density at radius 3 is 2.30 bits per heavy atom. The third-order valence-electron chi connectivity index (χ3n) is 0.377. The number of hydrogen-bond donors (Lipinski definition) is 3. The summed E-state index contributed by atoms with van der Waals surface area (Å²) in [7, 11) is -4.55. The monoisotopic (exact) mass is 172 g/mol. The van der Waals surface area contributed by atoms with Crippen LogP contribution in [0.4, 0.5) is 0 Å². The molecular formula is CH5ClN4O4. The van der Waals surface area contributed by atoms with Gasteiger partial charge in [0.2, 0.25) is 10.3 Å². The molecule has 60 valence electrons. The standard InChI is InChI=1S/CH5ClN4O4/c3-1(5-4)6-10-2(7,8)9/h4H2,(H3,3,5,6). The third kappa shape index (κ3) is 5.34. The summed E-state index contributed by atoms with van der Waals surface area (Å²) in [6.07, 6.45) is 0. The minimum absolute atomic E-state index is 0.521. The number of nitrogens with zero attached hydrogens (tertiary/aromatic N) is 1. The zero-order valence-electron chi connectivity index (χ0n) is 4.61. The highest BCUT2D eigenvalue weighted by Crippen LogP contribution is 1.79. The zero-order valence-corrected chi connectivity index (χ0v) is 5.37. The fourth-order valence-corrected chi connectivity index (χ4v) is 0.287. The van der Waals surface area contributed by atoms with E-state index in [4.69, 9.17) is 5.73 Å². The SMILES string of the molecule is NN=C(N)NO[Cl+3]([O-])([O-])[O-]. The highest BCUT2D eigenvalue weighted by Gasteiger charge is 2.17. The molecule has 0 spiro atoms. The molecule has 5 N–H and O–H groups in total. The highest BCUT2D eigenvalue weighted by atomic mass is 35.7. The lowest BCUT2D eigenvalue weighted by Gasteiger charge is -2.10. The van der Waals surface area contributed by atoms with Gasteiger partial charge in [-0.1, -0.05) is 5.48 Å². The Morgan fingerprint density at radius 2 is 2.00 bits per heavy atom. The second kappa shape index (κ2) is 3.39. The fraction of sp³-hybridized carbons (Fsp3) is 0. The second-order valence-corrected chi connectivity index (χ2v) is 1.98. The Balaban J connectivity index is 3.56. The first-order chi connectivity index (χ1) is 4.45. The van der Waals surface area contributed by atoms with Gasteiger partial charge in [-0.3, -0.25) is 0 Å². The summed E-state index contributed by atoms with van der Waals surface area (Å²) >= 11 is 0. The number of guanidine groups is 1. The molecule has 0 atom stereocenters. The van der Waals surface area contributed by atoms with Crippen molar-refractivity contribution in [2.75, 3.05) is 0 Å². The number of hydrazone groups is 1. The molecule has 0 aromatic carbocycles. The van der Waals surface area contributed by atoms with E-state index in [1.165, 1.54) is 5.48 Å². The fourth-order valence-electron chi connectivity index (χ4n) is 0.113. The molecule has 0 aliphatic carbocycles. The topological polar surface area (TPSA) is 155 Å². The summed E-state index contributed by atoms with van der Waals surface area (Å²) in [5.74, 6) is 4.00. The van der Waals surface area contributed by atoms with Crippen LogP contribution in [0.3, 0.4) is 0 Å². The van der Waals surface area contributed by atoms with Gasteiger partial charge in [0.05, 0.1) is 0 Å². The van der Waals surface area contributed by atoms with Crippen molar-refractivity contribution < 1.29 is 28.6 Å². The largest absolute Gasteiger partial charge is 0.366 e. The summed E-state index contributed by atoms with van der Waals surface area (Å²) in [6, 6.07) is 0. The molecule has 9 heteroatoms. The zero-order chi connectivity index (χ0) is 8.20. The summed E-state index contributed by atoms with van der Waals surface area (Å²) in [5, 5.41) is 2.74. The van der Waals surface area contributed by atoms with Gasteiger partial charge in [0.15, 0.2) is 0 Å². The Morgan fingerprint density at radius 1 is 1.50 bits per heavy atom. The van der Waals surface area contributed by atoms with Gasteiger partial charge in [0.25, 0.3) is 0 Å². The molecule has 0 aliphatic heterocycles. The smallest absolute Gasteiger partial charge is 0.248 e. The Hall–Kier alpha value is -0.800. The second-order valence-electron chi connectivity index (χ2n) is 1.07. The van der Waals surface area contributed by atoms with Crippen molar-refractivity contribution in [1.82, 2.24) is 5.48 Å². The normalized spacial score (nSPS) is 13.3. The minimum Gasteiger partial charge on any atom is -0.366 e. The number of nitrogens with one attached hydrogen (secondary N) is 1. The third-order valence-corrected chi connectivity index (χ3v) is 0.643. The minimum atomic E-state index is -4.55. The summed E-state index contributed by atoms with van der Waals surface area (Å²) in [4.78, 5) is 0. The number of hydroxylamine groups is 1. The molecular weight excluding hydrogens is 167 g/mol. The van der Waals surface area contributed by atoms with Crippen molar-refractivity contribution in [3.63, 3.8) is 0 Å². The number of rotatable bonds is 2. The van der Waals surface area contributed by atoms with Crippen LogP contribution in [0.25, 0.3) is 0 Å². The molecule has 0 fully saturated rings. The van der Waals surface area contributed by atoms with E-state index in [9.17, 15) is 14.0 Å². The number of hydrogen-bond acceptors (Lipinski definition) is 6. The van der Waals surface area contributed by atoms with Gasteiger partial charge in [-0.05, 0) is 0 Å². The van der Waals surface area contributed by atoms with Crippen molar-refractivity contribution in [1.29, 1.82) is 0 Å². The van der Waals surface area contributed by atoms with Crippen LogP contribution in [0, 0.1) is 10.2 Å². The summed E-state index contributed by atoms with van der Waals surface area (Å²) in [5.41, 5.74) is 6.22. The van der Waals surface area contributed by atoms with E-state index in [0.717, 1.165) is 0 Å². The van der Waals surface area contributed by atoms with Gasteiger partial charge in [0, 0.05) is 0 Å². The quantitative estimate of drug-likeness (QED) is 0.162. The molecule has 0 aromatic heterocycles. The first-order valence-electron chi connectivity index (χ1n) is 1.84. The molecule has 0 aliphatic rings. The highest BCUT2D eigenvalue weighted by molar-refractivity contribution is 5.76. The first-order valence-corrected chi connectivity index (χ1v) is 3.08. The van der Waals surface area contributed by atoms with Gasteiger partial charge >= 0.3 is 0 Å². The molecule has 0 unspecified atom stereocenters. The molecule has 0 bridgehead atoms. The number of nitrogens with two attached hydrogens (primary N) is 2. The summed E-state index contributed by atoms with van der Waals surface area (Å²) in [6.45, 7) is 0.